The van der Waals surface area contributed by atoms with Gasteiger partial charge in [-0.15, -0.1) is 0 Å². The summed E-state index contributed by atoms with van der Waals surface area (Å²) in [6.45, 7) is 3.80. The molecule has 0 aliphatic rings. The third-order valence-electron chi connectivity index (χ3n) is 5.39. The van der Waals surface area contributed by atoms with Gasteiger partial charge in [0.25, 0.3) is 10.1 Å². The van der Waals surface area contributed by atoms with E-state index in [0.717, 1.165) is 19.3 Å². The Balaban J connectivity index is 0.00000900. The molecule has 3 atom stereocenters. The first-order valence-electron chi connectivity index (χ1n) is 11.7. The number of unbranched alkanes of at least 4 members (excludes halogenated alkanes) is 10. The first kappa shape index (κ1) is 31.0. The molecule has 0 aromatic heterocycles. The van der Waals surface area contributed by atoms with Gasteiger partial charge in [0.15, 0.2) is 0 Å². The van der Waals surface area contributed by atoms with Crippen LogP contribution in [0.3, 0.4) is 0 Å². The maximum absolute atomic E-state index is 12.5. The summed E-state index contributed by atoms with van der Waals surface area (Å²) in [4.78, 5) is 0.0579. The predicted molar refractivity (Wildman–Crippen MR) is 129 cm³/mol. The van der Waals surface area contributed by atoms with Crippen LogP contribution in [-0.4, -0.2) is 66.5 Å². The molecule has 0 radical (unpaired) electrons. The summed E-state index contributed by atoms with van der Waals surface area (Å²) >= 11 is 0. The van der Waals surface area contributed by atoms with Crippen molar-refractivity contribution in [3.8, 4) is 0 Å². The average molecular weight is 467 g/mol. The monoisotopic (exact) mass is 466 g/mol. The van der Waals surface area contributed by atoms with E-state index in [1.165, 1.54) is 63.5 Å². The normalized spacial score (nSPS) is 14.6. The summed E-state index contributed by atoms with van der Waals surface area (Å²) in [5, 5.41) is 20.2. The van der Waals surface area contributed by atoms with Gasteiger partial charge in [-0.25, -0.2) is 0 Å². The van der Waals surface area contributed by atoms with Crippen molar-refractivity contribution in [1.29, 1.82) is 0 Å². The van der Waals surface area contributed by atoms with Gasteiger partial charge in [0.1, 0.15) is 6.10 Å². The molecule has 0 saturated heterocycles. The first-order valence-corrected chi connectivity index (χ1v) is 13.1. The van der Waals surface area contributed by atoms with E-state index in [9.17, 15) is 18.6 Å². The van der Waals surface area contributed by atoms with Crippen molar-refractivity contribution in [1.82, 2.24) is 0 Å². The fourth-order valence-electron chi connectivity index (χ4n) is 3.61. The van der Waals surface area contributed by atoms with Crippen molar-refractivity contribution in [2.75, 3.05) is 0 Å². The Kier molecular flexibility index (Phi) is 18.5. The van der Waals surface area contributed by atoms with Gasteiger partial charge in [0.05, 0.1) is 17.1 Å². The van der Waals surface area contributed by atoms with Crippen LogP contribution in [-0.2, 0) is 14.3 Å². The van der Waals surface area contributed by atoms with Gasteiger partial charge in [0.2, 0.25) is 0 Å². The van der Waals surface area contributed by atoms with Crippen LogP contribution in [0.5, 0.6) is 0 Å². The number of aliphatic hydroxyl groups is 2. The minimum absolute atomic E-state index is 0. The molecule has 0 saturated carbocycles. The van der Waals surface area contributed by atoms with Gasteiger partial charge in [-0.1, -0.05) is 95.8 Å². The molecule has 176 valence electrons. The Labute approximate surface area is 212 Å². The number of hydrogen-bond donors (Lipinski definition) is 2. The summed E-state index contributed by atoms with van der Waals surface area (Å²) in [6.07, 6.45) is 11.3. The zero-order valence-electron chi connectivity index (χ0n) is 18.8. The molecule has 1 aromatic rings. The number of aliphatic hydroxyl groups excluding tert-OH is 2. The average Bonchev–Trinajstić information content (AvgIpc) is 2.71. The van der Waals surface area contributed by atoms with Gasteiger partial charge >= 0.3 is 29.6 Å². The number of hydrogen-bond acceptors (Lipinski definition) is 5. The molecule has 2 N–H and O–H groups in total. The Morgan fingerprint density at radius 3 is 1.81 bits per heavy atom. The molecule has 0 fully saturated rings. The summed E-state index contributed by atoms with van der Waals surface area (Å²) in [7, 11) is -3.98. The Hall–Kier alpha value is 0.0500. The molecule has 1 rings (SSSR count). The van der Waals surface area contributed by atoms with Crippen LogP contribution in [0.25, 0.3) is 0 Å². The third kappa shape index (κ3) is 14.7. The number of benzene rings is 1. The molecule has 0 aliphatic carbocycles. The van der Waals surface area contributed by atoms with Crippen molar-refractivity contribution in [2.45, 2.75) is 121 Å². The summed E-state index contributed by atoms with van der Waals surface area (Å²) in [5.41, 5.74) is 0. The molecule has 7 heteroatoms. The van der Waals surface area contributed by atoms with E-state index in [0.29, 0.717) is 6.42 Å². The molecule has 1 aromatic carbocycles. The SMILES string of the molecule is CCCCCCCCCCCCCC(O)C(CC(C)O)OS(=O)(=O)c1ccccc1.[NaH]. The van der Waals surface area contributed by atoms with E-state index < -0.39 is 28.4 Å². The second-order valence-electron chi connectivity index (χ2n) is 8.38. The topological polar surface area (TPSA) is 83.8 Å². The van der Waals surface area contributed by atoms with E-state index in [-0.39, 0.29) is 40.9 Å². The Bertz CT molecular complexity index is 637. The summed E-state index contributed by atoms with van der Waals surface area (Å²) in [6, 6.07) is 7.91. The molecule has 0 amide bonds. The fraction of sp³-hybridized carbons (Fsp3) is 0.750. The first-order chi connectivity index (χ1) is 14.4. The van der Waals surface area contributed by atoms with Crippen LogP contribution in [0, 0.1) is 0 Å². The van der Waals surface area contributed by atoms with Gasteiger partial charge in [-0.05, 0) is 25.5 Å². The van der Waals surface area contributed by atoms with Crippen LogP contribution in [0.15, 0.2) is 35.2 Å². The third-order valence-corrected chi connectivity index (χ3v) is 6.74. The fourth-order valence-corrected chi connectivity index (χ4v) is 4.74. The van der Waals surface area contributed by atoms with Crippen LogP contribution in [0.2, 0.25) is 0 Å². The van der Waals surface area contributed by atoms with Crippen LogP contribution >= 0.6 is 0 Å². The van der Waals surface area contributed by atoms with Gasteiger partial charge in [-0.2, -0.15) is 8.42 Å². The Morgan fingerprint density at radius 1 is 0.839 bits per heavy atom. The molecule has 0 heterocycles. The van der Waals surface area contributed by atoms with Crippen molar-refractivity contribution in [3.63, 3.8) is 0 Å². The molecule has 3 unspecified atom stereocenters. The van der Waals surface area contributed by atoms with E-state index in [4.69, 9.17) is 4.18 Å². The van der Waals surface area contributed by atoms with E-state index >= 15 is 0 Å². The van der Waals surface area contributed by atoms with Crippen LogP contribution < -0.4 is 0 Å². The molecular weight excluding hydrogens is 423 g/mol. The van der Waals surface area contributed by atoms with Crippen molar-refractivity contribution < 1.29 is 22.8 Å². The molecule has 0 aliphatic heterocycles. The Morgan fingerprint density at radius 2 is 1.32 bits per heavy atom. The molecule has 31 heavy (non-hydrogen) atoms. The number of rotatable bonds is 18. The molecule has 5 nitrogen and oxygen atoms in total. The molecule has 0 spiro atoms. The van der Waals surface area contributed by atoms with Crippen molar-refractivity contribution in [2.24, 2.45) is 0 Å². The quantitative estimate of drug-likeness (QED) is 0.182. The minimum atomic E-state index is -3.98. The standard InChI is InChI=1S/C24H42O5S.Na.H/c1-3-4-5-6-7-8-9-10-11-12-16-19-23(26)24(20-21(2)25)29-30(27,28)22-17-14-13-15-18-22;;/h13-15,17-18,21,23-26H,3-12,16,19-20H2,1-2H3;;. The predicted octanol–water partition coefficient (Wildman–Crippen LogP) is 4.94. The second-order valence-corrected chi connectivity index (χ2v) is 9.95. The van der Waals surface area contributed by atoms with Crippen molar-refractivity contribution >= 4 is 39.7 Å². The van der Waals surface area contributed by atoms with Crippen molar-refractivity contribution in [3.05, 3.63) is 30.3 Å². The summed E-state index contributed by atoms with van der Waals surface area (Å²) < 4.78 is 30.3. The van der Waals surface area contributed by atoms with Gasteiger partial charge in [-0.3, -0.25) is 4.18 Å². The van der Waals surface area contributed by atoms with Gasteiger partial charge < -0.3 is 10.2 Å². The maximum atomic E-state index is 12.5. The van der Waals surface area contributed by atoms with E-state index in [2.05, 4.69) is 6.92 Å². The van der Waals surface area contributed by atoms with E-state index in [1.54, 1.807) is 25.1 Å². The molecule has 0 bridgehead atoms. The van der Waals surface area contributed by atoms with E-state index in [1.807, 2.05) is 0 Å². The zero-order chi connectivity index (χ0) is 22.2. The van der Waals surface area contributed by atoms with Gasteiger partial charge in [0, 0.05) is 6.42 Å². The second kappa shape index (κ2) is 18.5. The van der Waals surface area contributed by atoms with Crippen LogP contribution in [0.4, 0.5) is 0 Å². The zero-order valence-corrected chi connectivity index (χ0v) is 19.7. The molecular formula is C24H43NaO5S. The summed E-state index contributed by atoms with van der Waals surface area (Å²) in [5.74, 6) is 0. The van der Waals surface area contributed by atoms with Crippen LogP contribution in [0.1, 0.15) is 97.3 Å².